The van der Waals surface area contributed by atoms with Gasteiger partial charge in [0.1, 0.15) is 12.4 Å². The highest BCUT2D eigenvalue weighted by Crippen LogP contribution is 2.35. The molecular weight excluding hydrogens is 652 g/mol. The van der Waals surface area contributed by atoms with E-state index in [9.17, 15) is 14.9 Å². The van der Waals surface area contributed by atoms with Crippen molar-refractivity contribution in [2.75, 3.05) is 0 Å². The molecule has 0 radical (unpaired) electrons. The molecule has 0 aliphatic heterocycles. The summed E-state index contributed by atoms with van der Waals surface area (Å²) in [6, 6.07) is 15.2. The lowest BCUT2D eigenvalue weighted by molar-refractivity contribution is -0.384. The van der Waals surface area contributed by atoms with Crippen LogP contribution in [0.25, 0.3) is 10.9 Å². The molecule has 1 aliphatic rings. The maximum absolute atomic E-state index is 13.5. The van der Waals surface area contributed by atoms with Crippen molar-refractivity contribution in [1.29, 1.82) is 0 Å². The molecule has 1 aliphatic carbocycles. The first-order chi connectivity index (χ1) is 18.8. The minimum absolute atomic E-state index is 0.0154. The molecule has 1 heterocycles. The lowest BCUT2D eigenvalue weighted by atomic mass is 9.88. The number of nitrogens with zero attached hydrogens (tertiary/aromatic N) is 4. The fourth-order valence-electron chi connectivity index (χ4n) is 4.69. The van der Waals surface area contributed by atoms with Crippen molar-refractivity contribution < 1.29 is 9.66 Å². The molecule has 0 unspecified atom stereocenters. The van der Waals surface area contributed by atoms with Gasteiger partial charge in [0.2, 0.25) is 0 Å². The zero-order valence-electron chi connectivity index (χ0n) is 20.6. The number of benzene rings is 3. The van der Waals surface area contributed by atoms with E-state index in [1.54, 1.807) is 36.5 Å². The van der Waals surface area contributed by atoms with Crippen molar-refractivity contribution in [2.45, 2.75) is 44.6 Å². The molecule has 1 aromatic heterocycles. The molecular formula is C28H23Br2ClN4O4. The van der Waals surface area contributed by atoms with Gasteiger partial charge in [-0.2, -0.15) is 9.78 Å². The number of aromatic nitrogens is 2. The Bertz CT molecular complexity index is 1610. The summed E-state index contributed by atoms with van der Waals surface area (Å²) in [6.07, 6.45) is 6.94. The number of nitro groups is 1. The maximum Gasteiger partial charge on any atom is 0.282 e. The van der Waals surface area contributed by atoms with E-state index in [4.69, 9.17) is 21.3 Å². The molecule has 1 saturated carbocycles. The number of halogens is 3. The van der Waals surface area contributed by atoms with Crippen LogP contribution in [0.15, 0.2) is 73.4 Å². The van der Waals surface area contributed by atoms with Crippen LogP contribution in [0.5, 0.6) is 5.75 Å². The second-order valence-corrected chi connectivity index (χ2v) is 11.5. The van der Waals surface area contributed by atoms with E-state index >= 15 is 0 Å². The topological polar surface area (TPSA) is 99.6 Å². The highest BCUT2D eigenvalue weighted by Gasteiger charge is 2.22. The molecule has 3 aromatic carbocycles. The van der Waals surface area contributed by atoms with Crippen LogP contribution >= 0.6 is 43.5 Å². The zero-order valence-corrected chi connectivity index (χ0v) is 24.6. The van der Waals surface area contributed by atoms with Crippen molar-refractivity contribution in [3.8, 4) is 5.75 Å². The summed E-state index contributed by atoms with van der Waals surface area (Å²) in [7, 11) is 0. The Kier molecular flexibility index (Phi) is 8.44. The molecule has 0 N–H and O–H groups in total. The summed E-state index contributed by atoms with van der Waals surface area (Å²) < 4.78 is 8.72. The molecule has 11 heteroatoms. The Morgan fingerprint density at radius 3 is 2.54 bits per heavy atom. The fraction of sp³-hybridized carbons (Fsp3) is 0.250. The van der Waals surface area contributed by atoms with E-state index in [1.165, 1.54) is 23.2 Å². The number of hydrogen-bond acceptors (Lipinski definition) is 6. The third-order valence-electron chi connectivity index (χ3n) is 6.68. The van der Waals surface area contributed by atoms with Gasteiger partial charge in [0, 0.05) is 22.5 Å². The lowest BCUT2D eigenvalue weighted by Crippen LogP contribution is -2.25. The number of fused-ring (bicyclic) bond motifs is 1. The van der Waals surface area contributed by atoms with E-state index in [-0.39, 0.29) is 23.8 Å². The summed E-state index contributed by atoms with van der Waals surface area (Å²) in [5.74, 6) is 1.28. The summed E-state index contributed by atoms with van der Waals surface area (Å²) >= 11 is 13.5. The Morgan fingerprint density at radius 2 is 1.85 bits per heavy atom. The van der Waals surface area contributed by atoms with E-state index in [0.29, 0.717) is 37.5 Å². The second-order valence-electron chi connectivity index (χ2n) is 9.35. The van der Waals surface area contributed by atoms with Gasteiger partial charge in [0.05, 0.1) is 31.5 Å². The van der Waals surface area contributed by atoms with Gasteiger partial charge in [-0.1, -0.05) is 46.8 Å². The minimum atomic E-state index is -0.447. The normalized spacial score (nSPS) is 14.2. The van der Waals surface area contributed by atoms with E-state index in [2.05, 4.69) is 37.0 Å². The Balaban J connectivity index is 1.43. The Hall–Kier alpha value is -3.08. The zero-order chi connectivity index (χ0) is 27.5. The SMILES string of the molecule is O=c1c2cc(Br)ccc2nc(C2CCCCC2)n1N=Cc1cc(Cl)c(OCc2ccc([N+](=O)[O-])cc2)c(Br)c1. The summed E-state index contributed by atoms with van der Waals surface area (Å²) in [4.78, 5) is 28.8. The van der Waals surface area contributed by atoms with Crippen molar-refractivity contribution >= 4 is 66.3 Å². The maximum atomic E-state index is 13.5. The number of nitro benzene ring substituents is 1. The number of non-ortho nitro benzene ring substituents is 1. The van der Waals surface area contributed by atoms with Gasteiger partial charge in [0.15, 0.2) is 5.75 Å². The first-order valence-corrected chi connectivity index (χ1v) is 14.4. The molecule has 1 fully saturated rings. The number of rotatable bonds is 7. The monoisotopic (exact) mass is 672 g/mol. The Morgan fingerprint density at radius 1 is 1.10 bits per heavy atom. The number of ether oxygens (including phenoxy) is 1. The molecule has 0 atom stereocenters. The summed E-state index contributed by atoms with van der Waals surface area (Å²) in [6.45, 7) is 0.183. The summed E-state index contributed by atoms with van der Waals surface area (Å²) in [5, 5.41) is 16.3. The van der Waals surface area contributed by atoms with Crippen molar-refractivity contribution in [3.63, 3.8) is 0 Å². The van der Waals surface area contributed by atoms with E-state index in [1.807, 2.05) is 12.1 Å². The fourth-order valence-corrected chi connectivity index (χ4v) is 6.04. The molecule has 5 rings (SSSR count). The molecule has 200 valence electrons. The van der Waals surface area contributed by atoms with Crippen LogP contribution in [0, 0.1) is 10.1 Å². The van der Waals surface area contributed by atoms with Crippen LogP contribution in [0.2, 0.25) is 5.02 Å². The van der Waals surface area contributed by atoms with Crippen molar-refractivity contribution in [1.82, 2.24) is 9.66 Å². The van der Waals surface area contributed by atoms with Gasteiger partial charge in [0.25, 0.3) is 11.2 Å². The molecule has 4 aromatic rings. The van der Waals surface area contributed by atoms with Gasteiger partial charge < -0.3 is 4.74 Å². The van der Waals surface area contributed by atoms with Gasteiger partial charge in [-0.15, -0.1) is 0 Å². The third kappa shape index (κ3) is 6.23. The first kappa shape index (κ1) is 27.5. The van der Waals surface area contributed by atoms with E-state index in [0.717, 1.165) is 35.7 Å². The van der Waals surface area contributed by atoms with Crippen molar-refractivity contribution in [3.05, 3.63) is 106 Å². The van der Waals surface area contributed by atoms with Crippen LogP contribution in [0.4, 0.5) is 5.69 Å². The number of hydrogen-bond donors (Lipinski definition) is 0. The van der Waals surface area contributed by atoms with Gasteiger partial charge in [-0.05, 0) is 82.4 Å². The average Bonchev–Trinajstić information content (AvgIpc) is 2.93. The van der Waals surface area contributed by atoms with Crippen LogP contribution < -0.4 is 10.3 Å². The summed E-state index contributed by atoms with van der Waals surface area (Å²) in [5.41, 5.74) is 1.90. The third-order valence-corrected chi connectivity index (χ3v) is 8.04. The smallest absolute Gasteiger partial charge is 0.282 e. The highest BCUT2D eigenvalue weighted by molar-refractivity contribution is 9.10. The molecule has 8 nitrogen and oxygen atoms in total. The van der Waals surface area contributed by atoms with Crippen LogP contribution in [-0.2, 0) is 6.61 Å². The lowest BCUT2D eigenvalue weighted by Gasteiger charge is -2.22. The predicted octanol–water partition coefficient (Wildman–Crippen LogP) is 7.99. The van der Waals surface area contributed by atoms with Gasteiger partial charge in [-0.3, -0.25) is 14.9 Å². The molecule has 0 spiro atoms. The minimum Gasteiger partial charge on any atom is -0.486 e. The van der Waals surface area contributed by atoms with E-state index < -0.39 is 4.92 Å². The second kappa shape index (κ2) is 12.0. The van der Waals surface area contributed by atoms with Crippen LogP contribution in [0.1, 0.15) is 55.0 Å². The molecule has 39 heavy (non-hydrogen) atoms. The molecule has 0 bridgehead atoms. The highest BCUT2D eigenvalue weighted by atomic mass is 79.9. The molecule has 0 amide bonds. The average molecular weight is 675 g/mol. The standard InChI is InChI=1S/C28H23Br2ClN4O4/c29-20-8-11-25-22(14-20)28(36)34(27(33-25)19-4-2-1-3-5-19)32-15-18-12-23(30)26(24(31)13-18)39-16-17-6-9-21(10-7-17)35(37)38/h6-15,19H,1-5,16H2. The van der Waals surface area contributed by atoms with Gasteiger partial charge in [-0.25, -0.2) is 4.98 Å². The molecule has 0 saturated heterocycles. The van der Waals surface area contributed by atoms with Crippen LogP contribution in [0.3, 0.4) is 0 Å². The quantitative estimate of drug-likeness (QED) is 0.112. The van der Waals surface area contributed by atoms with Crippen LogP contribution in [-0.4, -0.2) is 20.8 Å². The Labute approximate surface area is 246 Å². The largest absolute Gasteiger partial charge is 0.486 e. The van der Waals surface area contributed by atoms with Crippen molar-refractivity contribution in [2.24, 2.45) is 5.10 Å². The predicted molar refractivity (Wildman–Crippen MR) is 159 cm³/mol. The van der Waals surface area contributed by atoms with Gasteiger partial charge >= 0.3 is 0 Å². The first-order valence-electron chi connectivity index (χ1n) is 12.4.